The van der Waals surface area contributed by atoms with Gasteiger partial charge in [0.1, 0.15) is 5.82 Å². The fourth-order valence-electron chi connectivity index (χ4n) is 1.94. The Labute approximate surface area is 120 Å². The second kappa shape index (κ2) is 5.62. The van der Waals surface area contributed by atoms with Gasteiger partial charge in [0.2, 0.25) is 0 Å². The third-order valence-electron chi connectivity index (χ3n) is 3.02. The van der Waals surface area contributed by atoms with Crippen LogP contribution in [0.25, 0.3) is 0 Å². The Morgan fingerprint density at radius 1 is 1.14 bits per heavy atom. The van der Waals surface area contributed by atoms with Crippen LogP contribution >= 0.6 is 0 Å². The molecule has 0 heterocycles. The molecule has 21 heavy (non-hydrogen) atoms. The van der Waals surface area contributed by atoms with Crippen LogP contribution in [0.3, 0.4) is 0 Å². The van der Waals surface area contributed by atoms with E-state index < -0.39 is 17.7 Å². The molecule has 0 aliphatic rings. The standard InChI is InChI=1S/C15H13FN2O3/c1-18(14(19)10-4-2-3-5-12(10)16)13-7-6-9(17)8-11(13)15(20)21/h2-8H,17H2,1H3,(H,20,21). The first-order valence-corrected chi connectivity index (χ1v) is 6.07. The normalized spacial score (nSPS) is 10.2. The van der Waals surface area contributed by atoms with Gasteiger partial charge in [-0.1, -0.05) is 12.1 Å². The predicted octanol–water partition coefficient (Wildman–Crippen LogP) is 2.38. The summed E-state index contributed by atoms with van der Waals surface area (Å²) < 4.78 is 13.7. The van der Waals surface area contributed by atoms with Crippen LogP contribution in [-0.2, 0) is 0 Å². The van der Waals surface area contributed by atoms with E-state index in [0.29, 0.717) is 0 Å². The van der Waals surface area contributed by atoms with E-state index in [9.17, 15) is 19.1 Å². The fraction of sp³-hybridized carbons (Fsp3) is 0.0667. The SMILES string of the molecule is CN(C(=O)c1ccccc1F)c1ccc(N)cc1C(=O)O. The molecule has 0 bridgehead atoms. The van der Waals surface area contributed by atoms with Crippen molar-refractivity contribution in [1.82, 2.24) is 0 Å². The van der Waals surface area contributed by atoms with Gasteiger partial charge < -0.3 is 15.7 Å². The van der Waals surface area contributed by atoms with E-state index in [2.05, 4.69) is 0 Å². The van der Waals surface area contributed by atoms with Gasteiger partial charge in [-0.25, -0.2) is 9.18 Å². The molecule has 0 aliphatic heterocycles. The minimum Gasteiger partial charge on any atom is -0.478 e. The van der Waals surface area contributed by atoms with Crippen molar-refractivity contribution in [3.8, 4) is 0 Å². The van der Waals surface area contributed by atoms with Gasteiger partial charge in [-0.15, -0.1) is 0 Å². The first-order valence-electron chi connectivity index (χ1n) is 6.07. The number of nitrogen functional groups attached to an aromatic ring is 1. The summed E-state index contributed by atoms with van der Waals surface area (Å²) in [6.07, 6.45) is 0. The molecule has 0 atom stereocenters. The molecule has 3 N–H and O–H groups in total. The van der Waals surface area contributed by atoms with Crippen LogP contribution in [0.1, 0.15) is 20.7 Å². The zero-order valence-corrected chi connectivity index (χ0v) is 11.2. The number of carboxylic acids is 1. The Kier molecular flexibility index (Phi) is 3.89. The van der Waals surface area contributed by atoms with Crippen molar-refractivity contribution in [2.24, 2.45) is 0 Å². The smallest absolute Gasteiger partial charge is 0.337 e. The molecule has 2 rings (SSSR count). The molecular weight excluding hydrogens is 275 g/mol. The van der Waals surface area contributed by atoms with E-state index in [0.717, 1.165) is 4.90 Å². The Morgan fingerprint density at radius 2 is 1.81 bits per heavy atom. The average molecular weight is 288 g/mol. The lowest BCUT2D eigenvalue weighted by molar-refractivity contribution is 0.0698. The van der Waals surface area contributed by atoms with Crippen molar-refractivity contribution in [2.75, 3.05) is 17.7 Å². The van der Waals surface area contributed by atoms with Crippen LogP contribution in [0.5, 0.6) is 0 Å². The van der Waals surface area contributed by atoms with Crippen LogP contribution in [0.4, 0.5) is 15.8 Å². The van der Waals surface area contributed by atoms with Crippen molar-refractivity contribution in [1.29, 1.82) is 0 Å². The van der Waals surface area contributed by atoms with Crippen molar-refractivity contribution in [3.63, 3.8) is 0 Å². The number of nitrogens with zero attached hydrogens (tertiary/aromatic N) is 1. The number of hydrogen-bond donors (Lipinski definition) is 2. The zero-order valence-electron chi connectivity index (χ0n) is 11.2. The lowest BCUT2D eigenvalue weighted by atomic mass is 10.1. The molecule has 2 aromatic carbocycles. The Morgan fingerprint density at radius 3 is 2.43 bits per heavy atom. The van der Waals surface area contributed by atoms with Crippen LogP contribution in [0.15, 0.2) is 42.5 Å². The van der Waals surface area contributed by atoms with E-state index in [-0.39, 0.29) is 22.5 Å². The fourth-order valence-corrected chi connectivity index (χ4v) is 1.94. The topological polar surface area (TPSA) is 83.6 Å². The summed E-state index contributed by atoms with van der Waals surface area (Å²) in [7, 11) is 1.38. The van der Waals surface area contributed by atoms with E-state index in [1.54, 1.807) is 0 Å². The first-order chi connectivity index (χ1) is 9.91. The minimum atomic E-state index is -1.22. The molecule has 0 saturated heterocycles. The molecule has 5 nitrogen and oxygen atoms in total. The number of benzene rings is 2. The number of rotatable bonds is 3. The van der Waals surface area contributed by atoms with Crippen LogP contribution < -0.4 is 10.6 Å². The zero-order chi connectivity index (χ0) is 15.6. The summed E-state index contributed by atoms with van der Waals surface area (Å²) in [4.78, 5) is 24.6. The van der Waals surface area contributed by atoms with Crippen molar-refractivity contribution >= 4 is 23.3 Å². The maximum Gasteiger partial charge on any atom is 0.337 e. The van der Waals surface area contributed by atoms with E-state index in [4.69, 9.17) is 5.73 Å². The number of nitrogens with two attached hydrogens (primary N) is 1. The molecule has 0 fully saturated rings. The van der Waals surface area contributed by atoms with Gasteiger partial charge in [0.15, 0.2) is 0 Å². The monoisotopic (exact) mass is 288 g/mol. The lowest BCUT2D eigenvalue weighted by Crippen LogP contribution is -2.28. The number of anilines is 2. The molecule has 0 aromatic heterocycles. The maximum absolute atomic E-state index is 13.7. The summed E-state index contributed by atoms with van der Waals surface area (Å²) >= 11 is 0. The number of carbonyl (C=O) groups is 2. The summed E-state index contributed by atoms with van der Waals surface area (Å²) in [5, 5.41) is 9.18. The molecule has 108 valence electrons. The van der Waals surface area contributed by atoms with Gasteiger partial charge in [0, 0.05) is 12.7 Å². The highest BCUT2D eigenvalue weighted by atomic mass is 19.1. The number of carbonyl (C=O) groups excluding carboxylic acids is 1. The highest BCUT2D eigenvalue weighted by Gasteiger charge is 2.21. The highest BCUT2D eigenvalue weighted by Crippen LogP contribution is 2.24. The molecular formula is C15H13FN2O3. The van der Waals surface area contributed by atoms with Crippen LogP contribution in [0, 0.1) is 5.82 Å². The van der Waals surface area contributed by atoms with Gasteiger partial charge >= 0.3 is 5.97 Å². The largest absolute Gasteiger partial charge is 0.478 e. The summed E-state index contributed by atoms with van der Waals surface area (Å²) in [5.41, 5.74) is 5.71. The van der Waals surface area contributed by atoms with E-state index >= 15 is 0 Å². The molecule has 6 heteroatoms. The third-order valence-corrected chi connectivity index (χ3v) is 3.02. The molecule has 0 radical (unpaired) electrons. The van der Waals surface area contributed by atoms with Gasteiger partial charge in [-0.3, -0.25) is 4.79 Å². The lowest BCUT2D eigenvalue weighted by Gasteiger charge is -2.20. The summed E-state index contributed by atoms with van der Waals surface area (Å²) in [5.74, 6) is -2.52. The van der Waals surface area contributed by atoms with Crippen LogP contribution in [0.2, 0.25) is 0 Å². The molecule has 0 aliphatic carbocycles. The summed E-state index contributed by atoms with van der Waals surface area (Å²) in [6.45, 7) is 0. The van der Waals surface area contributed by atoms with Gasteiger partial charge in [0.25, 0.3) is 5.91 Å². The molecule has 0 saturated carbocycles. The van der Waals surface area contributed by atoms with Crippen molar-refractivity contribution < 1.29 is 19.1 Å². The van der Waals surface area contributed by atoms with Crippen molar-refractivity contribution in [3.05, 3.63) is 59.4 Å². The first kappa shape index (κ1) is 14.5. The Bertz CT molecular complexity index is 716. The third kappa shape index (κ3) is 2.84. The number of halogens is 1. The quantitative estimate of drug-likeness (QED) is 0.849. The number of amides is 1. The van der Waals surface area contributed by atoms with Gasteiger partial charge in [-0.2, -0.15) is 0 Å². The molecule has 0 unspecified atom stereocenters. The molecule has 2 aromatic rings. The van der Waals surface area contributed by atoms with Crippen LogP contribution in [-0.4, -0.2) is 24.0 Å². The van der Waals surface area contributed by atoms with Gasteiger partial charge in [0.05, 0.1) is 16.8 Å². The van der Waals surface area contributed by atoms with E-state index in [1.807, 2.05) is 0 Å². The second-order valence-corrected chi connectivity index (χ2v) is 4.43. The number of carboxylic acid groups (broad SMARTS) is 1. The highest BCUT2D eigenvalue weighted by molar-refractivity contribution is 6.09. The second-order valence-electron chi connectivity index (χ2n) is 4.43. The molecule has 1 amide bonds. The minimum absolute atomic E-state index is 0.123. The van der Waals surface area contributed by atoms with E-state index in [1.165, 1.54) is 49.5 Å². The van der Waals surface area contributed by atoms with Crippen molar-refractivity contribution in [2.45, 2.75) is 0 Å². The Hall–Kier alpha value is -2.89. The number of aromatic carboxylic acids is 1. The average Bonchev–Trinajstić information content (AvgIpc) is 2.46. The predicted molar refractivity (Wildman–Crippen MR) is 76.9 cm³/mol. The summed E-state index contributed by atoms with van der Waals surface area (Å²) in [6, 6.07) is 9.66. The number of hydrogen-bond acceptors (Lipinski definition) is 3. The maximum atomic E-state index is 13.7. The molecule has 0 spiro atoms. The van der Waals surface area contributed by atoms with Gasteiger partial charge in [-0.05, 0) is 30.3 Å². The Balaban J connectivity index is 2.45.